The van der Waals surface area contributed by atoms with Crippen LogP contribution in [0.5, 0.6) is 0 Å². The van der Waals surface area contributed by atoms with Crippen LogP contribution >= 0.6 is 0 Å². The Morgan fingerprint density at radius 2 is 1.62 bits per heavy atom. The monoisotopic (exact) mass is 505 g/mol. The van der Waals surface area contributed by atoms with Crippen molar-refractivity contribution in [1.82, 2.24) is 24.6 Å². The summed E-state index contributed by atoms with van der Waals surface area (Å²) >= 11 is 0. The largest absolute Gasteiger partial charge is 0.342 e. The van der Waals surface area contributed by atoms with Crippen molar-refractivity contribution in [2.45, 2.75) is 116 Å². The van der Waals surface area contributed by atoms with E-state index in [1.807, 2.05) is 20.8 Å². The highest BCUT2D eigenvalue weighted by molar-refractivity contribution is 5.81. The van der Waals surface area contributed by atoms with E-state index in [9.17, 15) is 4.79 Å². The van der Waals surface area contributed by atoms with Gasteiger partial charge in [-0.25, -0.2) is 0 Å². The number of carbonyl (C=O) groups excluding carboxylic acids is 1. The van der Waals surface area contributed by atoms with Gasteiger partial charge in [-0.3, -0.25) is 9.69 Å². The van der Waals surface area contributed by atoms with E-state index in [4.69, 9.17) is 0 Å². The Balaban J connectivity index is 1.29. The fourth-order valence-corrected chi connectivity index (χ4v) is 7.48. The molecular weight excluding hydrogens is 458 g/mol. The number of rotatable bonds is 6. The summed E-state index contributed by atoms with van der Waals surface area (Å²) in [5.74, 6) is 2.91. The first kappa shape index (κ1) is 26.4. The van der Waals surface area contributed by atoms with E-state index in [2.05, 4.69) is 75.7 Å². The van der Waals surface area contributed by atoms with Gasteiger partial charge in [-0.2, -0.15) is 0 Å². The molecule has 3 fully saturated rings. The third-order valence-electron chi connectivity index (χ3n) is 9.52. The first-order chi connectivity index (χ1) is 17.6. The first-order valence-electron chi connectivity index (χ1n) is 14.6. The lowest BCUT2D eigenvalue weighted by Crippen LogP contribution is -2.50. The fraction of sp³-hybridized carbons (Fsp3) is 0.710. The highest BCUT2D eigenvalue weighted by atomic mass is 16.2. The lowest BCUT2D eigenvalue weighted by molar-refractivity contribution is -0.141. The molecule has 3 saturated heterocycles. The molecule has 2 aromatic rings. The van der Waals surface area contributed by atoms with E-state index in [1.165, 1.54) is 37.7 Å². The predicted molar refractivity (Wildman–Crippen MR) is 149 cm³/mol. The number of fused-ring (bicyclic) bond motifs is 2. The molecule has 4 heterocycles. The zero-order valence-corrected chi connectivity index (χ0v) is 23.9. The van der Waals surface area contributed by atoms with Gasteiger partial charge in [-0.05, 0) is 69.4 Å². The molecule has 1 amide bonds. The minimum Gasteiger partial charge on any atom is -0.342 e. The third-order valence-corrected chi connectivity index (χ3v) is 9.52. The summed E-state index contributed by atoms with van der Waals surface area (Å²) in [5, 5.41) is 8.97. The van der Waals surface area contributed by atoms with Crippen molar-refractivity contribution >= 4 is 5.91 Å². The Bertz CT molecular complexity index is 1060. The number of piperidine rings is 2. The maximum Gasteiger partial charge on any atom is 0.227 e. The molecule has 202 valence electrons. The second kappa shape index (κ2) is 10.2. The van der Waals surface area contributed by atoms with E-state index in [-0.39, 0.29) is 10.8 Å². The van der Waals surface area contributed by atoms with Crippen molar-refractivity contribution in [2.75, 3.05) is 19.6 Å². The summed E-state index contributed by atoms with van der Waals surface area (Å²) in [6.45, 7) is 15.6. The number of benzene rings is 1. The predicted octanol–water partition coefficient (Wildman–Crippen LogP) is 5.87. The Kier molecular flexibility index (Phi) is 7.25. The standard InChI is InChI=1S/C31H47N5O/c1-22(2)28-33-32-23(3)36(28)27-20-25-12-13-26(21-27)35(25)19-16-31(24-10-8-7-9-11-24)14-17-34(18-15-31)29(37)30(4,5)6/h7-11,22,25-27H,12-21H2,1-6H3/t25-,26+,27+. The molecule has 0 spiro atoms. The van der Waals surface area contributed by atoms with Crippen LogP contribution in [0.4, 0.5) is 0 Å². The third kappa shape index (κ3) is 5.10. The highest BCUT2D eigenvalue weighted by Crippen LogP contribution is 2.45. The maximum atomic E-state index is 13.0. The quantitative estimate of drug-likeness (QED) is 0.492. The molecule has 2 bridgehead atoms. The van der Waals surface area contributed by atoms with Crippen LogP contribution in [0.3, 0.4) is 0 Å². The van der Waals surface area contributed by atoms with Gasteiger partial charge in [0.1, 0.15) is 11.6 Å². The minimum absolute atomic E-state index is 0.155. The molecule has 6 heteroatoms. The van der Waals surface area contributed by atoms with Crippen LogP contribution in [0.25, 0.3) is 0 Å². The van der Waals surface area contributed by atoms with Gasteiger partial charge in [0.15, 0.2) is 0 Å². The number of amides is 1. The van der Waals surface area contributed by atoms with Crippen molar-refractivity contribution in [3.8, 4) is 0 Å². The number of aryl methyl sites for hydroxylation is 1. The molecule has 1 aromatic carbocycles. The van der Waals surface area contributed by atoms with Crippen LogP contribution in [0, 0.1) is 12.3 Å². The van der Waals surface area contributed by atoms with Crippen LogP contribution in [-0.2, 0) is 10.2 Å². The summed E-state index contributed by atoms with van der Waals surface area (Å²) < 4.78 is 2.46. The first-order valence-corrected chi connectivity index (χ1v) is 14.6. The second-order valence-corrected chi connectivity index (χ2v) is 13.3. The summed E-state index contributed by atoms with van der Waals surface area (Å²) in [4.78, 5) is 18.0. The lowest BCUT2D eigenvalue weighted by atomic mass is 9.70. The topological polar surface area (TPSA) is 54.3 Å². The number of carbonyl (C=O) groups is 1. The average molecular weight is 506 g/mol. The molecule has 1 aromatic heterocycles. The van der Waals surface area contributed by atoms with Crippen molar-refractivity contribution < 1.29 is 4.79 Å². The van der Waals surface area contributed by atoms with E-state index in [1.54, 1.807) is 0 Å². The maximum absolute atomic E-state index is 13.0. The molecule has 0 unspecified atom stereocenters. The van der Waals surface area contributed by atoms with Gasteiger partial charge in [0.05, 0.1) is 0 Å². The summed E-state index contributed by atoms with van der Waals surface area (Å²) in [7, 11) is 0. The average Bonchev–Trinajstić information content (AvgIpc) is 3.38. The summed E-state index contributed by atoms with van der Waals surface area (Å²) in [6.07, 6.45) is 8.33. The van der Waals surface area contributed by atoms with E-state index in [0.29, 0.717) is 30.0 Å². The molecule has 0 radical (unpaired) electrons. The van der Waals surface area contributed by atoms with Gasteiger partial charge < -0.3 is 9.47 Å². The SMILES string of the molecule is Cc1nnc(C(C)C)n1[C@H]1C[C@H]2CC[C@@H](C1)N2CCC1(c2ccccc2)CCN(C(=O)C(C)(C)C)CC1. The van der Waals surface area contributed by atoms with Crippen LogP contribution in [0.1, 0.15) is 109 Å². The van der Waals surface area contributed by atoms with E-state index < -0.39 is 0 Å². The molecule has 37 heavy (non-hydrogen) atoms. The minimum atomic E-state index is -0.311. The summed E-state index contributed by atoms with van der Waals surface area (Å²) in [5.41, 5.74) is 1.30. The Labute approximate surface area is 223 Å². The second-order valence-electron chi connectivity index (χ2n) is 13.3. The van der Waals surface area contributed by atoms with E-state index >= 15 is 0 Å². The smallest absolute Gasteiger partial charge is 0.227 e. The normalized spacial score (nSPS) is 26.1. The van der Waals surface area contributed by atoms with Crippen molar-refractivity contribution in [3.05, 3.63) is 47.5 Å². The zero-order chi connectivity index (χ0) is 26.4. The van der Waals surface area contributed by atoms with Crippen molar-refractivity contribution in [1.29, 1.82) is 0 Å². The number of aromatic nitrogens is 3. The number of hydrogen-bond acceptors (Lipinski definition) is 4. The van der Waals surface area contributed by atoms with Gasteiger partial charge in [0.25, 0.3) is 0 Å². The highest BCUT2D eigenvalue weighted by Gasteiger charge is 2.44. The molecule has 0 saturated carbocycles. The van der Waals surface area contributed by atoms with Crippen LogP contribution in [-0.4, -0.2) is 62.2 Å². The fourth-order valence-electron chi connectivity index (χ4n) is 7.48. The van der Waals surface area contributed by atoms with Crippen molar-refractivity contribution in [2.24, 2.45) is 5.41 Å². The van der Waals surface area contributed by atoms with Crippen LogP contribution < -0.4 is 0 Å². The van der Waals surface area contributed by atoms with Gasteiger partial charge in [0.2, 0.25) is 5.91 Å². The van der Waals surface area contributed by atoms with Gasteiger partial charge >= 0.3 is 0 Å². The number of likely N-dealkylation sites (tertiary alicyclic amines) is 1. The Hall–Kier alpha value is -2.21. The van der Waals surface area contributed by atoms with Crippen LogP contribution in [0.15, 0.2) is 30.3 Å². The molecule has 6 nitrogen and oxygen atoms in total. The molecule has 5 rings (SSSR count). The van der Waals surface area contributed by atoms with Gasteiger partial charge in [-0.1, -0.05) is 65.0 Å². The van der Waals surface area contributed by atoms with Crippen molar-refractivity contribution in [3.63, 3.8) is 0 Å². The Morgan fingerprint density at radius 1 is 1.00 bits per heavy atom. The molecule has 3 atom stereocenters. The zero-order valence-electron chi connectivity index (χ0n) is 23.9. The molecule has 0 N–H and O–H groups in total. The lowest BCUT2D eigenvalue weighted by Gasteiger charge is -2.46. The van der Waals surface area contributed by atoms with Crippen LogP contribution in [0.2, 0.25) is 0 Å². The molecule has 3 aliphatic heterocycles. The van der Waals surface area contributed by atoms with Gasteiger partial charge in [0, 0.05) is 42.5 Å². The van der Waals surface area contributed by atoms with E-state index in [0.717, 1.165) is 44.1 Å². The molecule has 0 aliphatic carbocycles. The molecule has 3 aliphatic rings. The molecular formula is C31H47N5O. The number of nitrogens with zero attached hydrogens (tertiary/aromatic N) is 5. The van der Waals surface area contributed by atoms with Gasteiger partial charge in [-0.15, -0.1) is 10.2 Å². The number of hydrogen-bond donors (Lipinski definition) is 0. The Morgan fingerprint density at radius 3 is 2.19 bits per heavy atom. The summed E-state index contributed by atoms with van der Waals surface area (Å²) in [6, 6.07) is 13.0.